The summed E-state index contributed by atoms with van der Waals surface area (Å²) in [6, 6.07) is 9.23. The van der Waals surface area contributed by atoms with E-state index in [9.17, 15) is 14.7 Å². The summed E-state index contributed by atoms with van der Waals surface area (Å²) in [5.41, 5.74) is 3.80. The quantitative estimate of drug-likeness (QED) is 0.261. The van der Waals surface area contributed by atoms with E-state index < -0.39 is 11.8 Å². The van der Waals surface area contributed by atoms with Gasteiger partial charge in [-0.2, -0.15) is 0 Å². The van der Waals surface area contributed by atoms with Crippen LogP contribution in [0.2, 0.25) is 0 Å². The molecule has 0 spiro atoms. The minimum absolute atomic E-state index is 0.0381. The third-order valence-corrected chi connectivity index (χ3v) is 6.82. The number of nitrogens with one attached hydrogen (secondary N) is 3. The lowest BCUT2D eigenvalue weighted by Gasteiger charge is -2.46. The molecular weight excluding hydrogens is 492 g/mol. The second kappa shape index (κ2) is 11.0. The zero-order chi connectivity index (χ0) is 28.4. The van der Waals surface area contributed by atoms with Crippen LogP contribution in [0.3, 0.4) is 0 Å². The summed E-state index contributed by atoms with van der Waals surface area (Å²) in [7, 11) is 0. The van der Waals surface area contributed by atoms with Gasteiger partial charge < -0.3 is 21.1 Å². The predicted molar refractivity (Wildman–Crippen MR) is 153 cm³/mol. The normalized spacial score (nSPS) is 16.5. The summed E-state index contributed by atoms with van der Waals surface area (Å²) in [6.45, 7) is 15.9. The Morgan fingerprint density at radius 2 is 1.64 bits per heavy atom. The molecule has 9 heteroatoms. The van der Waals surface area contributed by atoms with Gasteiger partial charge in [-0.1, -0.05) is 18.2 Å². The van der Waals surface area contributed by atoms with Gasteiger partial charge in [-0.25, -0.2) is 0 Å². The summed E-state index contributed by atoms with van der Waals surface area (Å²) in [5, 5.41) is 29.3. The number of hydrogen-bond donors (Lipinski definition) is 4. The van der Waals surface area contributed by atoms with E-state index >= 15 is 0 Å². The van der Waals surface area contributed by atoms with Crippen LogP contribution in [-0.4, -0.2) is 49.0 Å². The van der Waals surface area contributed by atoms with Crippen molar-refractivity contribution in [2.75, 3.05) is 0 Å². The van der Waals surface area contributed by atoms with Crippen LogP contribution in [-0.2, 0) is 29.0 Å². The molecule has 39 heavy (non-hydrogen) atoms. The van der Waals surface area contributed by atoms with Gasteiger partial charge >= 0.3 is 11.8 Å². The molecule has 0 unspecified atom stereocenters. The van der Waals surface area contributed by atoms with Crippen LogP contribution in [0.15, 0.2) is 55.6 Å². The van der Waals surface area contributed by atoms with E-state index in [4.69, 9.17) is 0 Å². The van der Waals surface area contributed by atoms with Gasteiger partial charge in [0.2, 0.25) is 0 Å². The smallest absolute Gasteiger partial charge is 0.309 e. The van der Waals surface area contributed by atoms with Crippen molar-refractivity contribution in [2.24, 2.45) is 0 Å². The number of aromatic nitrogens is 3. The second-order valence-electron chi connectivity index (χ2n) is 11.6. The number of nitrogens with zero attached hydrogens (tertiary/aromatic N) is 3. The third kappa shape index (κ3) is 6.72. The Bertz CT molecular complexity index is 1410. The number of phenolic OH excluding ortho intramolecular Hbond substituents is 1. The Morgan fingerprint density at radius 1 is 1.00 bits per heavy atom. The number of amides is 2. The molecule has 2 heterocycles. The number of carbonyl (C=O) groups excluding carboxylic acids is 2. The van der Waals surface area contributed by atoms with Crippen LogP contribution >= 0.6 is 0 Å². The van der Waals surface area contributed by atoms with Gasteiger partial charge in [0.25, 0.3) is 0 Å². The number of fused-ring (bicyclic) bond motifs is 1. The summed E-state index contributed by atoms with van der Waals surface area (Å²) in [4.78, 5) is 26.8. The first-order chi connectivity index (χ1) is 18.4. The topological polar surface area (TPSA) is 121 Å². The lowest BCUT2D eigenvalue weighted by molar-refractivity contribution is -0.140. The SMILES string of the molecule is C=CCc1cc(CNC(=O)C(=O)NC2CC(C)(C)NC(C)(C)C2)c(O)c(-n2nc3ccc(CC=C)cc3n2)c1. The van der Waals surface area contributed by atoms with Crippen molar-refractivity contribution in [3.63, 3.8) is 0 Å². The molecule has 206 valence electrons. The predicted octanol–water partition coefficient (Wildman–Crippen LogP) is 3.62. The van der Waals surface area contributed by atoms with Crippen LogP contribution < -0.4 is 16.0 Å². The monoisotopic (exact) mass is 530 g/mol. The van der Waals surface area contributed by atoms with Gasteiger partial charge in [-0.05, 0) is 88.8 Å². The third-order valence-electron chi connectivity index (χ3n) is 6.82. The molecule has 4 N–H and O–H groups in total. The molecule has 1 aliphatic rings. The molecule has 0 bridgehead atoms. The van der Waals surface area contributed by atoms with Crippen molar-refractivity contribution in [3.05, 3.63) is 72.3 Å². The lowest BCUT2D eigenvalue weighted by atomic mass is 9.79. The molecule has 9 nitrogen and oxygen atoms in total. The Kier molecular flexibility index (Phi) is 7.92. The molecule has 1 fully saturated rings. The van der Waals surface area contributed by atoms with E-state index in [0.717, 1.165) is 11.1 Å². The number of aromatic hydroxyl groups is 1. The fourth-order valence-corrected chi connectivity index (χ4v) is 5.61. The molecule has 1 aliphatic heterocycles. The van der Waals surface area contributed by atoms with Crippen LogP contribution in [0, 0.1) is 0 Å². The summed E-state index contributed by atoms with van der Waals surface area (Å²) < 4.78 is 0. The zero-order valence-electron chi connectivity index (χ0n) is 23.2. The highest BCUT2D eigenvalue weighted by Gasteiger charge is 2.38. The highest BCUT2D eigenvalue weighted by atomic mass is 16.3. The molecule has 1 aromatic heterocycles. The molecule has 3 aromatic rings. The standard InChI is InChI=1S/C30H38N6O3/c1-7-9-19-11-12-23-24(14-19)34-36(33-23)25-15-20(10-8-2)13-21(26(25)37)18-31-27(38)28(39)32-22-16-29(3,4)35-30(5,6)17-22/h7-8,11-15,22,35,37H,1-2,9-10,16-18H2,3-6H3,(H,31,38)(H,32,39). The van der Waals surface area contributed by atoms with Crippen molar-refractivity contribution in [1.29, 1.82) is 0 Å². The number of allylic oxidation sites excluding steroid dienone is 2. The highest BCUT2D eigenvalue weighted by molar-refractivity contribution is 6.35. The number of benzene rings is 2. The van der Waals surface area contributed by atoms with E-state index in [0.29, 0.717) is 48.0 Å². The zero-order valence-corrected chi connectivity index (χ0v) is 23.2. The van der Waals surface area contributed by atoms with Gasteiger partial charge in [0, 0.05) is 29.2 Å². The molecule has 1 saturated heterocycles. The van der Waals surface area contributed by atoms with Crippen LogP contribution in [0.1, 0.15) is 57.2 Å². The van der Waals surface area contributed by atoms with Crippen molar-refractivity contribution in [3.8, 4) is 11.4 Å². The molecular formula is C30H38N6O3. The highest BCUT2D eigenvalue weighted by Crippen LogP contribution is 2.30. The van der Waals surface area contributed by atoms with E-state index in [1.165, 1.54) is 4.80 Å². The molecule has 2 amide bonds. The van der Waals surface area contributed by atoms with E-state index in [1.54, 1.807) is 18.2 Å². The second-order valence-corrected chi connectivity index (χ2v) is 11.6. The molecule has 0 saturated carbocycles. The minimum atomic E-state index is -0.753. The largest absolute Gasteiger partial charge is 0.505 e. The number of phenols is 1. The average molecular weight is 531 g/mol. The molecule has 4 rings (SSSR count). The number of piperidine rings is 1. The van der Waals surface area contributed by atoms with Crippen molar-refractivity contribution in [2.45, 2.75) is 77.0 Å². The Morgan fingerprint density at radius 3 is 2.31 bits per heavy atom. The average Bonchev–Trinajstić information content (AvgIpc) is 3.25. The van der Waals surface area contributed by atoms with Crippen LogP contribution in [0.4, 0.5) is 0 Å². The maximum atomic E-state index is 12.7. The molecule has 0 atom stereocenters. The van der Waals surface area contributed by atoms with Gasteiger partial charge in [-0.3, -0.25) is 9.59 Å². The number of carbonyl (C=O) groups is 2. The Hall–Kier alpha value is -3.98. The lowest BCUT2D eigenvalue weighted by Crippen LogP contribution is -2.62. The van der Waals surface area contributed by atoms with Gasteiger partial charge in [0.05, 0.1) is 0 Å². The van der Waals surface area contributed by atoms with Crippen molar-refractivity contribution >= 4 is 22.8 Å². The van der Waals surface area contributed by atoms with E-state index in [2.05, 4.69) is 67.0 Å². The van der Waals surface area contributed by atoms with Gasteiger partial charge in [-0.15, -0.1) is 28.2 Å². The van der Waals surface area contributed by atoms with E-state index in [1.807, 2.05) is 24.3 Å². The maximum absolute atomic E-state index is 12.7. The summed E-state index contributed by atoms with van der Waals surface area (Å²) >= 11 is 0. The first-order valence-corrected chi connectivity index (χ1v) is 13.2. The molecule has 0 radical (unpaired) electrons. The number of hydrogen-bond acceptors (Lipinski definition) is 6. The maximum Gasteiger partial charge on any atom is 0.309 e. The first-order valence-electron chi connectivity index (χ1n) is 13.2. The molecule has 0 aliphatic carbocycles. The minimum Gasteiger partial charge on any atom is -0.505 e. The van der Waals surface area contributed by atoms with Gasteiger partial charge in [0.15, 0.2) is 0 Å². The first kappa shape index (κ1) is 28.0. The van der Waals surface area contributed by atoms with E-state index in [-0.39, 0.29) is 29.4 Å². The Labute approximate surface area is 229 Å². The molecule has 2 aromatic carbocycles. The fraction of sp³-hybridized carbons (Fsp3) is 0.400. The van der Waals surface area contributed by atoms with Crippen molar-refractivity contribution < 1.29 is 14.7 Å². The van der Waals surface area contributed by atoms with Crippen LogP contribution in [0.5, 0.6) is 5.75 Å². The summed E-state index contributed by atoms with van der Waals surface area (Å²) in [6.07, 6.45) is 6.26. The fourth-order valence-electron chi connectivity index (χ4n) is 5.61. The van der Waals surface area contributed by atoms with Crippen LogP contribution in [0.25, 0.3) is 16.7 Å². The summed E-state index contributed by atoms with van der Waals surface area (Å²) in [5.74, 6) is -1.51. The Balaban J connectivity index is 1.52. The van der Waals surface area contributed by atoms with Crippen molar-refractivity contribution in [1.82, 2.24) is 30.9 Å². The number of rotatable bonds is 8. The van der Waals surface area contributed by atoms with Gasteiger partial charge in [0.1, 0.15) is 22.5 Å².